The lowest BCUT2D eigenvalue weighted by atomic mass is 9.79. The zero-order valence-corrected chi connectivity index (χ0v) is 12.9. The SMILES string of the molecule is CC1(C)CN(C(=O)CC2CCOCC2)CCC1N.Cl. The minimum absolute atomic E-state index is 0. The smallest absolute Gasteiger partial charge is 0.222 e. The summed E-state index contributed by atoms with van der Waals surface area (Å²) >= 11 is 0. The lowest BCUT2D eigenvalue weighted by Crippen LogP contribution is -2.54. The summed E-state index contributed by atoms with van der Waals surface area (Å²) in [6, 6.07) is 0.213. The van der Waals surface area contributed by atoms with Crippen LogP contribution in [0, 0.1) is 11.3 Å². The Balaban J connectivity index is 0.00000180. The third kappa shape index (κ3) is 4.33. The van der Waals surface area contributed by atoms with E-state index in [4.69, 9.17) is 10.5 Å². The van der Waals surface area contributed by atoms with E-state index >= 15 is 0 Å². The molecule has 1 atom stereocenters. The van der Waals surface area contributed by atoms with Crippen LogP contribution >= 0.6 is 12.4 Å². The van der Waals surface area contributed by atoms with Crippen LogP contribution in [0.15, 0.2) is 0 Å². The second kappa shape index (κ2) is 6.91. The van der Waals surface area contributed by atoms with E-state index in [1.165, 1.54) is 0 Å². The van der Waals surface area contributed by atoms with Crippen molar-refractivity contribution in [2.24, 2.45) is 17.1 Å². The van der Waals surface area contributed by atoms with Crippen LogP contribution < -0.4 is 5.73 Å². The van der Waals surface area contributed by atoms with Crippen molar-refractivity contribution in [2.75, 3.05) is 26.3 Å². The largest absolute Gasteiger partial charge is 0.381 e. The van der Waals surface area contributed by atoms with Gasteiger partial charge in [-0.1, -0.05) is 13.8 Å². The van der Waals surface area contributed by atoms with Crippen LogP contribution in [0.1, 0.15) is 39.5 Å². The van der Waals surface area contributed by atoms with E-state index in [0.717, 1.165) is 45.6 Å². The van der Waals surface area contributed by atoms with Gasteiger partial charge < -0.3 is 15.4 Å². The van der Waals surface area contributed by atoms with E-state index in [1.807, 2.05) is 4.90 Å². The molecule has 1 unspecified atom stereocenters. The summed E-state index contributed by atoms with van der Waals surface area (Å²) in [7, 11) is 0. The quantitative estimate of drug-likeness (QED) is 0.844. The first-order valence-electron chi connectivity index (χ1n) is 7.10. The van der Waals surface area contributed by atoms with Crippen LogP contribution in [0.3, 0.4) is 0 Å². The number of halogens is 1. The molecule has 1 amide bonds. The molecule has 19 heavy (non-hydrogen) atoms. The monoisotopic (exact) mass is 290 g/mol. The standard InChI is InChI=1S/C14H26N2O2.ClH/c1-14(2)10-16(6-3-12(14)15)13(17)9-11-4-7-18-8-5-11;/h11-12H,3-10,15H2,1-2H3;1H. The van der Waals surface area contributed by atoms with Gasteiger partial charge >= 0.3 is 0 Å². The Morgan fingerprint density at radius 1 is 1.32 bits per heavy atom. The lowest BCUT2D eigenvalue weighted by molar-refractivity contribution is -0.136. The van der Waals surface area contributed by atoms with Crippen molar-refractivity contribution >= 4 is 18.3 Å². The van der Waals surface area contributed by atoms with Crippen LogP contribution in [0.5, 0.6) is 0 Å². The molecule has 2 aliphatic rings. The fourth-order valence-corrected chi connectivity index (χ4v) is 2.91. The third-order valence-electron chi connectivity index (χ3n) is 4.47. The highest BCUT2D eigenvalue weighted by Crippen LogP contribution is 2.29. The van der Waals surface area contributed by atoms with Gasteiger partial charge in [-0.15, -0.1) is 12.4 Å². The predicted molar refractivity (Wildman–Crippen MR) is 78.4 cm³/mol. The van der Waals surface area contributed by atoms with Gasteiger partial charge in [0, 0.05) is 38.8 Å². The maximum absolute atomic E-state index is 12.3. The van der Waals surface area contributed by atoms with Gasteiger partial charge in [-0.25, -0.2) is 0 Å². The molecule has 2 N–H and O–H groups in total. The fourth-order valence-electron chi connectivity index (χ4n) is 2.91. The number of rotatable bonds is 2. The molecule has 0 spiro atoms. The average molecular weight is 291 g/mol. The van der Waals surface area contributed by atoms with Crippen molar-refractivity contribution in [2.45, 2.75) is 45.6 Å². The molecule has 2 aliphatic heterocycles. The summed E-state index contributed by atoms with van der Waals surface area (Å²) in [5, 5.41) is 0. The minimum atomic E-state index is 0. The van der Waals surface area contributed by atoms with E-state index in [0.29, 0.717) is 18.2 Å². The zero-order chi connectivity index (χ0) is 13.2. The van der Waals surface area contributed by atoms with Crippen LogP contribution in [-0.4, -0.2) is 43.2 Å². The van der Waals surface area contributed by atoms with Gasteiger partial charge in [0.15, 0.2) is 0 Å². The number of hydrogen-bond donors (Lipinski definition) is 1. The lowest BCUT2D eigenvalue weighted by Gasteiger charge is -2.43. The first-order chi connectivity index (χ1) is 8.49. The summed E-state index contributed by atoms with van der Waals surface area (Å²) in [6.07, 6.45) is 3.67. The molecule has 0 aliphatic carbocycles. The molecule has 5 heteroatoms. The highest BCUT2D eigenvalue weighted by Gasteiger charge is 2.35. The van der Waals surface area contributed by atoms with E-state index in [9.17, 15) is 4.79 Å². The van der Waals surface area contributed by atoms with E-state index in [2.05, 4.69) is 13.8 Å². The van der Waals surface area contributed by atoms with Crippen LogP contribution in [0.2, 0.25) is 0 Å². The number of likely N-dealkylation sites (tertiary alicyclic amines) is 1. The Labute approximate surface area is 122 Å². The van der Waals surface area contributed by atoms with E-state index < -0.39 is 0 Å². The zero-order valence-electron chi connectivity index (χ0n) is 12.1. The Hall–Kier alpha value is -0.320. The second-order valence-electron chi connectivity index (χ2n) is 6.46. The number of ether oxygens (including phenoxy) is 1. The summed E-state index contributed by atoms with van der Waals surface area (Å²) in [6.45, 7) is 7.57. The number of amides is 1. The summed E-state index contributed by atoms with van der Waals surface area (Å²) < 4.78 is 5.33. The Morgan fingerprint density at radius 2 is 1.95 bits per heavy atom. The number of carbonyl (C=O) groups excluding carboxylic acids is 1. The van der Waals surface area contributed by atoms with Gasteiger partial charge in [-0.05, 0) is 30.6 Å². The van der Waals surface area contributed by atoms with E-state index in [1.54, 1.807) is 0 Å². The molecule has 0 saturated carbocycles. The topological polar surface area (TPSA) is 55.6 Å². The van der Waals surface area contributed by atoms with Crippen molar-refractivity contribution in [1.29, 1.82) is 0 Å². The third-order valence-corrected chi connectivity index (χ3v) is 4.47. The fraction of sp³-hybridized carbons (Fsp3) is 0.929. The second-order valence-corrected chi connectivity index (χ2v) is 6.46. The number of carbonyl (C=O) groups is 1. The van der Waals surface area contributed by atoms with E-state index in [-0.39, 0.29) is 23.9 Å². The van der Waals surface area contributed by atoms with Crippen LogP contribution in [0.25, 0.3) is 0 Å². The summed E-state index contributed by atoms with van der Waals surface area (Å²) in [5.74, 6) is 0.826. The molecule has 2 saturated heterocycles. The van der Waals surface area contributed by atoms with Crippen LogP contribution in [0.4, 0.5) is 0 Å². The van der Waals surface area contributed by atoms with Crippen molar-refractivity contribution in [3.05, 3.63) is 0 Å². The van der Waals surface area contributed by atoms with Crippen LogP contribution in [-0.2, 0) is 9.53 Å². The molecule has 0 aromatic heterocycles. The molecular formula is C14H27ClN2O2. The molecule has 4 nitrogen and oxygen atoms in total. The predicted octanol–water partition coefficient (Wildman–Crippen LogP) is 1.81. The molecule has 0 radical (unpaired) electrons. The molecule has 0 aromatic rings. The van der Waals surface area contributed by atoms with Crippen molar-refractivity contribution in [3.8, 4) is 0 Å². The van der Waals surface area contributed by atoms with Gasteiger partial charge in [0.2, 0.25) is 5.91 Å². The molecule has 2 rings (SSSR count). The number of piperidine rings is 1. The van der Waals surface area contributed by atoms with Crippen molar-refractivity contribution in [1.82, 2.24) is 4.90 Å². The highest BCUT2D eigenvalue weighted by atomic mass is 35.5. The van der Waals surface area contributed by atoms with Gasteiger partial charge in [-0.3, -0.25) is 4.79 Å². The minimum Gasteiger partial charge on any atom is -0.381 e. The molecule has 0 aromatic carbocycles. The first kappa shape index (κ1) is 16.7. The van der Waals surface area contributed by atoms with Crippen molar-refractivity contribution in [3.63, 3.8) is 0 Å². The number of nitrogens with zero attached hydrogens (tertiary/aromatic N) is 1. The maximum atomic E-state index is 12.3. The number of nitrogens with two attached hydrogens (primary N) is 1. The highest BCUT2D eigenvalue weighted by molar-refractivity contribution is 5.85. The van der Waals surface area contributed by atoms with Gasteiger partial charge in [0.05, 0.1) is 0 Å². The Kier molecular flexibility index (Phi) is 6.09. The van der Waals surface area contributed by atoms with Gasteiger partial charge in [0.25, 0.3) is 0 Å². The number of hydrogen-bond acceptors (Lipinski definition) is 3. The van der Waals surface area contributed by atoms with Gasteiger partial charge in [-0.2, -0.15) is 0 Å². The summed E-state index contributed by atoms with van der Waals surface area (Å²) in [5.41, 5.74) is 6.15. The molecule has 112 valence electrons. The molecular weight excluding hydrogens is 264 g/mol. The maximum Gasteiger partial charge on any atom is 0.222 e. The normalized spacial score (nSPS) is 27.7. The summed E-state index contributed by atoms with van der Waals surface area (Å²) in [4.78, 5) is 14.3. The molecule has 0 bridgehead atoms. The first-order valence-corrected chi connectivity index (χ1v) is 7.10. The Morgan fingerprint density at radius 3 is 2.53 bits per heavy atom. The van der Waals surface area contributed by atoms with Gasteiger partial charge in [0.1, 0.15) is 0 Å². The van der Waals surface area contributed by atoms with Crippen molar-refractivity contribution < 1.29 is 9.53 Å². The average Bonchev–Trinajstić information content (AvgIpc) is 2.34. The Bertz CT molecular complexity index is 304. The molecule has 2 fully saturated rings. The molecule has 2 heterocycles.